The van der Waals surface area contributed by atoms with E-state index < -0.39 is 0 Å². The summed E-state index contributed by atoms with van der Waals surface area (Å²) in [6.07, 6.45) is 0.899. The van der Waals surface area contributed by atoms with E-state index in [-0.39, 0.29) is 5.60 Å². The molecule has 0 saturated heterocycles. The van der Waals surface area contributed by atoms with Crippen molar-refractivity contribution in [3.63, 3.8) is 0 Å². The van der Waals surface area contributed by atoms with E-state index in [0.29, 0.717) is 5.88 Å². The molecule has 0 unspecified atom stereocenters. The first kappa shape index (κ1) is 13.3. The van der Waals surface area contributed by atoms with Crippen LogP contribution in [0.3, 0.4) is 0 Å². The second-order valence-electron chi connectivity index (χ2n) is 5.63. The number of para-hydroxylation sites is 2. The first-order chi connectivity index (χ1) is 9.59. The number of rotatable bonds is 3. The zero-order chi connectivity index (χ0) is 14.2. The summed E-state index contributed by atoms with van der Waals surface area (Å²) in [6.45, 7) is 4.17. The minimum atomic E-state index is -0.173. The molecule has 1 aliphatic rings. The van der Waals surface area contributed by atoms with Crippen molar-refractivity contribution in [2.24, 2.45) is 0 Å². The SMILES string of the molecule is CC1(C)Cc2cccc(Oc3ccccc3CCl)c2O1. The van der Waals surface area contributed by atoms with Crippen LogP contribution in [0, 0.1) is 0 Å². The molecule has 20 heavy (non-hydrogen) atoms. The maximum atomic E-state index is 6.03. The number of hydrogen-bond donors (Lipinski definition) is 0. The van der Waals surface area contributed by atoms with Gasteiger partial charge in [-0.15, -0.1) is 11.6 Å². The molecule has 2 nitrogen and oxygen atoms in total. The second kappa shape index (κ2) is 5.02. The molecule has 0 spiro atoms. The zero-order valence-corrected chi connectivity index (χ0v) is 12.4. The largest absolute Gasteiger partial charge is 0.483 e. The van der Waals surface area contributed by atoms with Crippen LogP contribution < -0.4 is 9.47 Å². The summed E-state index contributed by atoms with van der Waals surface area (Å²) in [5, 5.41) is 0. The van der Waals surface area contributed by atoms with Gasteiger partial charge in [0.25, 0.3) is 0 Å². The highest BCUT2D eigenvalue weighted by Gasteiger charge is 2.32. The van der Waals surface area contributed by atoms with Gasteiger partial charge in [-0.05, 0) is 26.0 Å². The Labute approximate surface area is 124 Å². The fourth-order valence-corrected chi connectivity index (χ4v) is 2.72. The average molecular weight is 289 g/mol. The smallest absolute Gasteiger partial charge is 0.169 e. The number of hydrogen-bond acceptors (Lipinski definition) is 2. The number of benzene rings is 2. The first-order valence-electron chi connectivity index (χ1n) is 6.72. The quantitative estimate of drug-likeness (QED) is 0.746. The monoisotopic (exact) mass is 288 g/mol. The Morgan fingerprint density at radius 3 is 2.65 bits per heavy atom. The van der Waals surface area contributed by atoms with Gasteiger partial charge in [-0.3, -0.25) is 0 Å². The van der Waals surface area contributed by atoms with Crippen LogP contribution in [0.1, 0.15) is 25.0 Å². The van der Waals surface area contributed by atoms with Crippen molar-refractivity contribution in [3.8, 4) is 17.2 Å². The fraction of sp³-hybridized carbons (Fsp3) is 0.294. The van der Waals surface area contributed by atoms with E-state index in [2.05, 4.69) is 19.9 Å². The van der Waals surface area contributed by atoms with Crippen molar-refractivity contribution in [2.75, 3.05) is 0 Å². The molecule has 2 aromatic carbocycles. The molecular formula is C17H17ClO2. The van der Waals surface area contributed by atoms with E-state index in [9.17, 15) is 0 Å². The van der Waals surface area contributed by atoms with Gasteiger partial charge in [-0.2, -0.15) is 0 Å². The molecule has 0 aliphatic carbocycles. The molecule has 2 aromatic rings. The highest BCUT2D eigenvalue weighted by Crippen LogP contribution is 2.43. The van der Waals surface area contributed by atoms with E-state index in [1.807, 2.05) is 36.4 Å². The molecule has 3 heteroatoms. The van der Waals surface area contributed by atoms with Crippen molar-refractivity contribution in [2.45, 2.75) is 31.7 Å². The summed E-state index contributed by atoms with van der Waals surface area (Å²) < 4.78 is 12.0. The average Bonchev–Trinajstić information content (AvgIpc) is 2.74. The van der Waals surface area contributed by atoms with Crippen LogP contribution in [-0.4, -0.2) is 5.60 Å². The van der Waals surface area contributed by atoms with Gasteiger partial charge >= 0.3 is 0 Å². The molecule has 0 atom stereocenters. The van der Waals surface area contributed by atoms with Crippen molar-refractivity contribution >= 4 is 11.6 Å². The normalized spacial score (nSPS) is 15.6. The van der Waals surface area contributed by atoms with Crippen LogP contribution in [0.2, 0.25) is 0 Å². The Morgan fingerprint density at radius 2 is 1.85 bits per heavy atom. The number of halogens is 1. The van der Waals surface area contributed by atoms with Gasteiger partial charge in [-0.25, -0.2) is 0 Å². The molecular weight excluding hydrogens is 272 g/mol. The topological polar surface area (TPSA) is 18.5 Å². The lowest BCUT2D eigenvalue weighted by atomic mass is 10.0. The van der Waals surface area contributed by atoms with Gasteiger partial charge in [0.15, 0.2) is 11.5 Å². The Balaban J connectivity index is 1.96. The standard InChI is InChI=1S/C17H17ClO2/c1-17(2)10-12-7-5-9-15(16(12)20-17)19-14-8-4-3-6-13(14)11-18/h3-9H,10-11H2,1-2H3. The molecule has 0 aromatic heterocycles. The lowest BCUT2D eigenvalue weighted by Gasteiger charge is -2.18. The molecule has 0 bridgehead atoms. The maximum Gasteiger partial charge on any atom is 0.169 e. The predicted octanol–water partition coefficient (Wildman–Crippen LogP) is 4.93. The van der Waals surface area contributed by atoms with Gasteiger partial charge in [0.1, 0.15) is 11.4 Å². The van der Waals surface area contributed by atoms with Gasteiger partial charge in [0, 0.05) is 17.5 Å². The summed E-state index contributed by atoms with van der Waals surface area (Å²) in [7, 11) is 0. The molecule has 1 aliphatic heterocycles. The van der Waals surface area contributed by atoms with E-state index in [4.69, 9.17) is 21.1 Å². The van der Waals surface area contributed by atoms with Gasteiger partial charge in [0.05, 0.1) is 5.88 Å². The lowest BCUT2D eigenvalue weighted by molar-refractivity contribution is 0.135. The van der Waals surface area contributed by atoms with Crippen LogP contribution in [-0.2, 0) is 12.3 Å². The van der Waals surface area contributed by atoms with Crippen molar-refractivity contribution in [1.82, 2.24) is 0 Å². The lowest BCUT2D eigenvalue weighted by Crippen LogP contribution is -2.24. The highest BCUT2D eigenvalue weighted by molar-refractivity contribution is 6.17. The summed E-state index contributed by atoms with van der Waals surface area (Å²) in [5.41, 5.74) is 1.99. The zero-order valence-electron chi connectivity index (χ0n) is 11.7. The molecule has 1 heterocycles. The third-order valence-corrected chi connectivity index (χ3v) is 3.68. The molecule has 0 radical (unpaired) electrons. The molecule has 0 amide bonds. The number of alkyl halides is 1. The molecule has 104 valence electrons. The molecule has 0 fully saturated rings. The van der Waals surface area contributed by atoms with Crippen molar-refractivity contribution in [1.29, 1.82) is 0 Å². The third kappa shape index (κ3) is 2.48. The summed E-state index contributed by atoms with van der Waals surface area (Å²) in [4.78, 5) is 0. The van der Waals surface area contributed by atoms with E-state index in [0.717, 1.165) is 29.2 Å². The minimum Gasteiger partial charge on any atom is -0.483 e. The number of fused-ring (bicyclic) bond motifs is 1. The first-order valence-corrected chi connectivity index (χ1v) is 7.25. The van der Waals surface area contributed by atoms with Crippen molar-refractivity contribution in [3.05, 3.63) is 53.6 Å². The maximum absolute atomic E-state index is 6.03. The Bertz CT molecular complexity index is 635. The summed E-state index contributed by atoms with van der Waals surface area (Å²) in [5.74, 6) is 2.81. The van der Waals surface area contributed by atoms with Crippen LogP contribution in [0.4, 0.5) is 0 Å². The number of ether oxygens (including phenoxy) is 2. The Kier molecular flexibility index (Phi) is 3.35. The highest BCUT2D eigenvalue weighted by atomic mass is 35.5. The van der Waals surface area contributed by atoms with E-state index in [1.54, 1.807) is 0 Å². The fourth-order valence-electron chi connectivity index (χ4n) is 2.50. The van der Waals surface area contributed by atoms with Crippen LogP contribution in [0.5, 0.6) is 17.2 Å². The van der Waals surface area contributed by atoms with Gasteiger partial charge in [0.2, 0.25) is 0 Å². The van der Waals surface area contributed by atoms with Crippen LogP contribution >= 0.6 is 11.6 Å². The van der Waals surface area contributed by atoms with Crippen molar-refractivity contribution < 1.29 is 9.47 Å². The third-order valence-electron chi connectivity index (χ3n) is 3.39. The molecule has 0 saturated carbocycles. The van der Waals surface area contributed by atoms with Crippen LogP contribution in [0.25, 0.3) is 0 Å². The van der Waals surface area contributed by atoms with Crippen LogP contribution in [0.15, 0.2) is 42.5 Å². The van der Waals surface area contributed by atoms with Gasteiger partial charge in [-0.1, -0.05) is 30.3 Å². The summed E-state index contributed by atoms with van der Waals surface area (Å²) >= 11 is 5.95. The second-order valence-corrected chi connectivity index (χ2v) is 5.89. The minimum absolute atomic E-state index is 0.173. The molecule has 0 N–H and O–H groups in total. The summed E-state index contributed by atoms with van der Waals surface area (Å²) in [6, 6.07) is 13.8. The Hall–Kier alpha value is -1.67. The predicted molar refractivity (Wildman–Crippen MR) is 80.9 cm³/mol. The van der Waals surface area contributed by atoms with Gasteiger partial charge < -0.3 is 9.47 Å². The van der Waals surface area contributed by atoms with E-state index in [1.165, 1.54) is 5.56 Å². The molecule has 3 rings (SSSR count). The Morgan fingerprint density at radius 1 is 1.10 bits per heavy atom. The van der Waals surface area contributed by atoms with E-state index >= 15 is 0 Å².